The minimum Gasteiger partial charge on any atom is -0.461 e. The Bertz CT molecular complexity index is 1150. The lowest BCUT2D eigenvalue weighted by molar-refractivity contribution is -0.127. The zero-order valence-corrected chi connectivity index (χ0v) is 18.1. The molecule has 0 aliphatic carbocycles. The van der Waals surface area contributed by atoms with Crippen LogP contribution in [0.3, 0.4) is 0 Å². The summed E-state index contributed by atoms with van der Waals surface area (Å²) in [6, 6.07) is 11.7. The van der Waals surface area contributed by atoms with Gasteiger partial charge in [0.15, 0.2) is 16.7 Å². The van der Waals surface area contributed by atoms with Crippen LogP contribution in [0.4, 0.5) is 0 Å². The molecule has 8 nitrogen and oxygen atoms in total. The molecule has 156 valence electrons. The summed E-state index contributed by atoms with van der Waals surface area (Å²) < 4.78 is 9.54. The third kappa shape index (κ3) is 3.85. The van der Waals surface area contributed by atoms with E-state index >= 15 is 0 Å². The number of thioether (sulfide) groups is 1. The van der Waals surface area contributed by atoms with E-state index in [1.807, 2.05) is 41.8 Å². The summed E-state index contributed by atoms with van der Waals surface area (Å²) in [5.74, 6) is 2.51. The maximum absolute atomic E-state index is 12.8. The van der Waals surface area contributed by atoms with Crippen molar-refractivity contribution in [2.45, 2.75) is 38.6 Å². The number of carbonyl (C=O) groups excluding carboxylic acids is 1. The van der Waals surface area contributed by atoms with E-state index in [0.717, 1.165) is 23.4 Å². The fourth-order valence-corrected chi connectivity index (χ4v) is 4.35. The largest absolute Gasteiger partial charge is 0.461 e. The molecule has 0 atom stereocenters. The predicted molar refractivity (Wildman–Crippen MR) is 116 cm³/mol. The minimum absolute atomic E-state index is 0.0138. The number of aryl methyl sites for hydroxylation is 1. The summed E-state index contributed by atoms with van der Waals surface area (Å²) >= 11 is 1.38. The number of amides is 1. The summed E-state index contributed by atoms with van der Waals surface area (Å²) in [7, 11) is 1.81. The van der Waals surface area contributed by atoms with Crippen LogP contribution in [0, 0.1) is 0 Å². The lowest BCUT2D eigenvalue weighted by atomic mass is 10.3. The highest BCUT2D eigenvalue weighted by Gasteiger charge is 2.19. The van der Waals surface area contributed by atoms with Crippen molar-refractivity contribution in [3.63, 3.8) is 0 Å². The number of carbonyl (C=O) groups is 1. The van der Waals surface area contributed by atoms with Gasteiger partial charge in [-0.25, -0.2) is 4.98 Å². The molecule has 0 fully saturated rings. The van der Waals surface area contributed by atoms with E-state index in [9.17, 15) is 4.79 Å². The van der Waals surface area contributed by atoms with E-state index in [4.69, 9.17) is 9.40 Å². The van der Waals surface area contributed by atoms with E-state index in [0.29, 0.717) is 29.8 Å². The number of hydrogen-bond donors (Lipinski definition) is 0. The van der Waals surface area contributed by atoms with Gasteiger partial charge in [-0.2, -0.15) is 0 Å². The molecule has 0 bridgehead atoms. The topological polar surface area (TPSA) is 82.0 Å². The van der Waals surface area contributed by atoms with Gasteiger partial charge in [0.25, 0.3) is 0 Å². The third-order valence-electron chi connectivity index (χ3n) is 4.95. The van der Waals surface area contributed by atoms with Crippen molar-refractivity contribution in [3.05, 3.63) is 48.5 Å². The zero-order chi connectivity index (χ0) is 21.1. The Morgan fingerprint density at radius 2 is 1.90 bits per heavy atom. The zero-order valence-electron chi connectivity index (χ0n) is 17.3. The number of imidazole rings is 1. The fourth-order valence-electron chi connectivity index (χ4n) is 3.40. The number of hydrogen-bond acceptors (Lipinski definition) is 6. The minimum atomic E-state index is 0.0138. The molecule has 0 unspecified atom stereocenters. The van der Waals surface area contributed by atoms with Crippen molar-refractivity contribution >= 4 is 28.7 Å². The summed E-state index contributed by atoms with van der Waals surface area (Å²) in [6.45, 7) is 6.06. The Kier molecular flexibility index (Phi) is 5.89. The van der Waals surface area contributed by atoms with Gasteiger partial charge in [0, 0.05) is 20.1 Å². The van der Waals surface area contributed by atoms with E-state index in [1.165, 1.54) is 11.8 Å². The molecule has 9 heteroatoms. The van der Waals surface area contributed by atoms with Crippen molar-refractivity contribution in [3.8, 4) is 11.6 Å². The molecule has 3 aromatic heterocycles. The number of aromatic nitrogens is 5. The lowest BCUT2D eigenvalue weighted by Gasteiger charge is -2.17. The van der Waals surface area contributed by atoms with Crippen LogP contribution in [0.5, 0.6) is 0 Å². The molecule has 0 N–H and O–H groups in total. The van der Waals surface area contributed by atoms with Crippen molar-refractivity contribution in [1.82, 2.24) is 29.2 Å². The molecule has 0 spiro atoms. The van der Waals surface area contributed by atoms with E-state index < -0.39 is 0 Å². The number of fused-ring (bicyclic) bond motifs is 1. The van der Waals surface area contributed by atoms with Gasteiger partial charge >= 0.3 is 0 Å². The summed E-state index contributed by atoms with van der Waals surface area (Å²) in [5, 5.41) is 9.17. The van der Waals surface area contributed by atoms with Crippen molar-refractivity contribution in [1.29, 1.82) is 0 Å². The normalized spacial score (nSPS) is 11.3. The maximum atomic E-state index is 12.8. The highest BCUT2D eigenvalue weighted by molar-refractivity contribution is 7.99. The third-order valence-corrected chi connectivity index (χ3v) is 5.91. The van der Waals surface area contributed by atoms with Gasteiger partial charge in [-0.3, -0.25) is 9.36 Å². The number of benzene rings is 1. The van der Waals surface area contributed by atoms with Gasteiger partial charge in [0.2, 0.25) is 5.91 Å². The van der Waals surface area contributed by atoms with E-state index in [2.05, 4.69) is 27.8 Å². The maximum Gasteiger partial charge on any atom is 0.233 e. The van der Waals surface area contributed by atoms with Crippen LogP contribution in [0.2, 0.25) is 0 Å². The molecule has 0 saturated carbocycles. The molecule has 4 aromatic rings. The second-order valence-corrected chi connectivity index (χ2v) is 7.77. The van der Waals surface area contributed by atoms with Crippen molar-refractivity contribution in [2.24, 2.45) is 0 Å². The number of para-hydroxylation sites is 2. The molecule has 1 aromatic carbocycles. The molecule has 3 heterocycles. The number of furan rings is 1. The molecule has 4 rings (SSSR count). The highest BCUT2D eigenvalue weighted by atomic mass is 32.2. The standard InChI is InChI=1S/C21H24N6O2S/c1-4-26-16-10-7-6-9-15(16)22-18(26)13-25(3)19(28)14-30-21-24-23-20(27(21)5-2)17-11-8-12-29-17/h6-12H,4-5,13-14H2,1-3H3. The molecule has 0 saturated heterocycles. The molecule has 30 heavy (non-hydrogen) atoms. The SMILES string of the molecule is CCn1c(SCC(=O)N(C)Cc2nc3ccccc3n2CC)nnc1-c1ccco1. The van der Waals surface area contributed by atoms with Gasteiger partial charge in [-0.15, -0.1) is 10.2 Å². The van der Waals surface area contributed by atoms with Crippen molar-refractivity contribution in [2.75, 3.05) is 12.8 Å². The van der Waals surface area contributed by atoms with Gasteiger partial charge in [0.1, 0.15) is 5.82 Å². The Hall–Kier alpha value is -3.07. The summed E-state index contributed by atoms with van der Waals surface area (Å²) in [6.07, 6.45) is 1.61. The highest BCUT2D eigenvalue weighted by Crippen LogP contribution is 2.24. The number of rotatable bonds is 8. The van der Waals surface area contributed by atoms with Crippen LogP contribution in [-0.2, 0) is 24.4 Å². The van der Waals surface area contributed by atoms with Gasteiger partial charge in [0.05, 0.1) is 29.6 Å². The van der Waals surface area contributed by atoms with Crippen LogP contribution >= 0.6 is 11.8 Å². The second-order valence-electron chi connectivity index (χ2n) is 6.83. The summed E-state index contributed by atoms with van der Waals surface area (Å²) in [5.41, 5.74) is 2.04. The average Bonchev–Trinajstić information content (AvgIpc) is 3.48. The van der Waals surface area contributed by atoms with Crippen LogP contribution in [0.15, 0.2) is 52.2 Å². The molecule has 0 aliphatic rings. The lowest BCUT2D eigenvalue weighted by Crippen LogP contribution is -2.29. The Morgan fingerprint density at radius 3 is 2.63 bits per heavy atom. The van der Waals surface area contributed by atoms with Gasteiger partial charge in [-0.05, 0) is 38.1 Å². The Labute approximate surface area is 178 Å². The molecular weight excluding hydrogens is 400 g/mol. The summed E-state index contributed by atoms with van der Waals surface area (Å²) in [4.78, 5) is 19.2. The van der Waals surface area contributed by atoms with Crippen LogP contribution in [0.25, 0.3) is 22.6 Å². The first-order chi connectivity index (χ1) is 14.6. The second kappa shape index (κ2) is 8.74. The first-order valence-corrected chi connectivity index (χ1v) is 10.9. The average molecular weight is 425 g/mol. The smallest absolute Gasteiger partial charge is 0.233 e. The molecule has 0 aliphatic heterocycles. The van der Waals surface area contributed by atoms with Crippen LogP contribution in [-0.4, -0.2) is 47.9 Å². The Balaban J connectivity index is 1.44. The first-order valence-electron chi connectivity index (χ1n) is 9.90. The first kappa shape index (κ1) is 20.2. The molecule has 1 amide bonds. The monoisotopic (exact) mass is 424 g/mol. The number of nitrogens with zero attached hydrogens (tertiary/aromatic N) is 6. The van der Waals surface area contributed by atoms with E-state index in [1.54, 1.807) is 18.2 Å². The molecule has 0 radical (unpaired) electrons. The van der Waals surface area contributed by atoms with Crippen molar-refractivity contribution < 1.29 is 9.21 Å². The molecular formula is C21H24N6O2S. The fraction of sp³-hybridized carbons (Fsp3) is 0.333. The predicted octanol–water partition coefficient (Wildman–Crippen LogP) is 3.68. The Morgan fingerprint density at radius 1 is 1.10 bits per heavy atom. The van der Waals surface area contributed by atoms with Gasteiger partial charge < -0.3 is 13.9 Å². The van der Waals surface area contributed by atoms with Crippen LogP contribution in [0.1, 0.15) is 19.7 Å². The van der Waals surface area contributed by atoms with Gasteiger partial charge in [-0.1, -0.05) is 23.9 Å². The van der Waals surface area contributed by atoms with Crippen LogP contribution < -0.4 is 0 Å². The van der Waals surface area contributed by atoms with E-state index in [-0.39, 0.29) is 11.7 Å². The quantitative estimate of drug-likeness (QED) is 0.401.